The molecule has 0 saturated carbocycles. The van der Waals surface area contributed by atoms with Crippen LogP contribution in [0.15, 0.2) is 18.3 Å². The van der Waals surface area contributed by atoms with Crippen LogP contribution in [0.5, 0.6) is 0 Å². The van der Waals surface area contributed by atoms with E-state index in [1.807, 2.05) is 6.20 Å². The first-order valence-electron chi connectivity index (χ1n) is 7.36. The van der Waals surface area contributed by atoms with Crippen LogP contribution in [-0.4, -0.2) is 11.0 Å². The van der Waals surface area contributed by atoms with Gasteiger partial charge in [-0.05, 0) is 56.6 Å². The zero-order chi connectivity index (χ0) is 13.0. The van der Waals surface area contributed by atoms with Gasteiger partial charge in [0.25, 0.3) is 0 Å². The van der Waals surface area contributed by atoms with E-state index in [-0.39, 0.29) is 0 Å². The van der Waals surface area contributed by atoms with Gasteiger partial charge in [0.1, 0.15) is 0 Å². The van der Waals surface area contributed by atoms with Crippen molar-refractivity contribution in [2.45, 2.75) is 65.0 Å². The Morgan fingerprint density at radius 1 is 1.33 bits per heavy atom. The summed E-state index contributed by atoms with van der Waals surface area (Å²) in [7, 11) is 0. The first-order chi connectivity index (χ1) is 8.66. The van der Waals surface area contributed by atoms with E-state index in [4.69, 9.17) is 0 Å². The molecule has 1 heterocycles. The maximum Gasteiger partial charge on any atom is 0.0605 e. The second-order valence-electron chi connectivity index (χ2n) is 6.03. The van der Waals surface area contributed by atoms with Gasteiger partial charge < -0.3 is 5.32 Å². The number of nitrogens with one attached hydrogen (secondary N) is 1. The molecule has 0 aliphatic heterocycles. The van der Waals surface area contributed by atoms with Crippen LogP contribution in [0.4, 0.5) is 0 Å². The predicted octanol–water partition coefficient (Wildman–Crippen LogP) is 3.87. The predicted molar refractivity (Wildman–Crippen MR) is 76.6 cm³/mol. The minimum absolute atomic E-state index is 0.470. The lowest BCUT2D eigenvalue weighted by Gasteiger charge is -2.28. The largest absolute Gasteiger partial charge is 0.306 e. The van der Waals surface area contributed by atoms with Crippen molar-refractivity contribution in [1.82, 2.24) is 10.3 Å². The van der Waals surface area contributed by atoms with Crippen molar-refractivity contribution in [2.75, 3.05) is 0 Å². The molecule has 0 radical (unpaired) electrons. The summed E-state index contributed by atoms with van der Waals surface area (Å²) in [6.45, 7) is 6.90. The highest BCUT2D eigenvalue weighted by Gasteiger charge is 2.22. The van der Waals surface area contributed by atoms with Crippen molar-refractivity contribution in [3.05, 3.63) is 29.6 Å². The number of fused-ring (bicyclic) bond motifs is 1. The average molecular weight is 246 g/mol. The number of rotatable bonds is 5. The van der Waals surface area contributed by atoms with Gasteiger partial charge in [0.05, 0.1) is 5.69 Å². The Morgan fingerprint density at radius 3 is 2.94 bits per heavy atom. The number of nitrogens with zero attached hydrogens (tertiary/aromatic N) is 1. The summed E-state index contributed by atoms with van der Waals surface area (Å²) >= 11 is 0. The molecule has 0 bridgehead atoms. The van der Waals surface area contributed by atoms with Gasteiger partial charge in [-0.1, -0.05) is 19.9 Å². The van der Waals surface area contributed by atoms with Crippen LogP contribution in [0.1, 0.15) is 63.8 Å². The van der Waals surface area contributed by atoms with Crippen LogP contribution in [0, 0.1) is 5.92 Å². The Bertz CT molecular complexity index is 373. The summed E-state index contributed by atoms with van der Waals surface area (Å²) in [6, 6.07) is 5.35. The van der Waals surface area contributed by atoms with Crippen LogP contribution in [0.3, 0.4) is 0 Å². The van der Waals surface area contributed by atoms with Crippen LogP contribution in [0.25, 0.3) is 0 Å². The highest BCUT2D eigenvalue weighted by atomic mass is 15.0. The molecule has 0 amide bonds. The molecule has 0 spiro atoms. The van der Waals surface area contributed by atoms with Crippen molar-refractivity contribution >= 4 is 0 Å². The molecule has 2 unspecified atom stereocenters. The van der Waals surface area contributed by atoms with Gasteiger partial charge >= 0.3 is 0 Å². The van der Waals surface area contributed by atoms with E-state index in [0.29, 0.717) is 12.1 Å². The SMILES string of the molecule is CC(C)CCC(C)NC1CCCc2cccnc21. The van der Waals surface area contributed by atoms with Gasteiger partial charge in [-0.3, -0.25) is 4.98 Å². The standard InChI is InChI=1S/C16H26N2/c1-12(2)9-10-13(3)18-15-8-4-6-14-7-5-11-17-16(14)15/h5,7,11-13,15,18H,4,6,8-10H2,1-3H3. The number of hydrogen-bond donors (Lipinski definition) is 1. The Hall–Kier alpha value is -0.890. The molecule has 1 N–H and O–H groups in total. The fraction of sp³-hybridized carbons (Fsp3) is 0.688. The number of hydrogen-bond acceptors (Lipinski definition) is 2. The maximum atomic E-state index is 4.59. The molecule has 1 aromatic heterocycles. The monoisotopic (exact) mass is 246 g/mol. The lowest BCUT2D eigenvalue weighted by atomic mass is 9.91. The normalized spacial score (nSPS) is 20.8. The quantitative estimate of drug-likeness (QED) is 0.853. The maximum absolute atomic E-state index is 4.59. The number of aromatic nitrogens is 1. The van der Waals surface area contributed by atoms with Crippen molar-refractivity contribution in [3.8, 4) is 0 Å². The minimum Gasteiger partial charge on any atom is -0.306 e. The van der Waals surface area contributed by atoms with Crippen LogP contribution in [0.2, 0.25) is 0 Å². The van der Waals surface area contributed by atoms with Gasteiger partial charge in [0, 0.05) is 18.3 Å². The summed E-state index contributed by atoms with van der Waals surface area (Å²) in [4.78, 5) is 4.59. The molecule has 0 aromatic carbocycles. The van der Waals surface area contributed by atoms with Gasteiger partial charge in [-0.15, -0.1) is 0 Å². The van der Waals surface area contributed by atoms with Crippen molar-refractivity contribution < 1.29 is 0 Å². The summed E-state index contributed by atoms with van der Waals surface area (Å²) in [6.07, 6.45) is 8.20. The van der Waals surface area contributed by atoms with Crippen molar-refractivity contribution in [1.29, 1.82) is 0 Å². The Kier molecular flexibility index (Phi) is 4.76. The molecule has 18 heavy (non-hydrogen) atoms. The molecular formula is C16H26N2. The number of pyridine rings is 1. The van der Waals surface area contributed by atoms with Crippen molar-refractivity contribution in [3.63, 3.8) is 0 Å². The zero-order valence-electron chi connectivity index (χ0n) is 11.9. The zero-order valence-corrected chi connectivity index (χ0v) is 11.9. The van der Waals surface area contributed by atoms with Gasteiger partial charge in [0.15, 0.2) is 0 Å². The second-order valence-corrected chi connectivity index (χ2v) is 6.03. The Labute approximate surface area is 111 Å². The lowest BCUT2D eigenvalue weighted by Crippen LogP contribution is -2.33. The van der Waals surface area contributed by atoms with Crippen LogP contribution >= 0.6 is 0 Å². The molecule has 0 fully saturated rings. The molecule has 100 valence electrons. The molecular weight excluding hydrogens is 220 g/mol. The minimum atomic E-state index is 0.470. The van der Waals surface area contributed by atoms with E-state index in [1.54, 1.807) is 0 Å². The van der Waals surface area contributed by atoms with E-state index >= 15 is 0 Å². The average Bonchev–Trinajstić information content (AvgIpc) is 2.37. The summed E-state index contributed by atoms with van der Waals surface area (Å²) < 4.78 is 0. The van der Waals surface area contributed by atoms with Gasteiger partial charge in [-0.25, -0.2) is 0 Å². The third kappa shape index (κ3) is 3.55. The highest BCUT2D eigenvalue weighted by Crippen LogP contribution is 2.28. The highest BCUT2D eigenvalue weighted by molar-refractivity contribution is 5.25. The van der Waals surface area contributed by atoms with Crippen molar-refractivity contribution in [2.24, 2.45) is 5.92 Å². The number of aryl methyl sites for hydroxylation is 1. The van der Waals surface area contributed by atoms with E-state index in [0.717, 1.165) is 5.92 Å². The molecule has 2 nitrogen and oxygen atoms in total. The van der Waals surface area contributed by atoms with Crippen LogP contribution in [-0.2, 0) is 6.42 Å². The first kappa shape index (κ1) is 13.5. The Morgan fingerprint density at radius 2 is 2.17 bits per heavy atom. The van der Waals surface area contributed by atoms with Gasteiger partial charge in [-0.2, -0.15) is 0 Å². The molecule has 2 atom stereocenters. The van der Waals surface area contributed by atoms with E-state index < -0.39 is 0 Å². The summed E-state index contributed by atoms with van der Waals surface area (Å²) in [5.41, 5.74) is 2.73. The topological polar surface area (TPSA) is 24.9 Å². The third-order valence-corrected chi connectivity index (χ3v) is 3.86. The molecule has 2 heteroatoms. The molecule has 1 aliphatic rings. The van der Waals surface area contributed by atoms with E-state index in [1.165, 1.54) is 43.4 Å². The molecule has 1 aliphatic carbocycles. The molecule has 0 saturated heterocycles. The van der Waals surface area contributed by atoms with Gasteiger partial charge in [0.2, 0.25) is 0 Å². The first-order valence-corrected chi connectivity index (χ1v) is 7.36. The molecule has 1 aromatic rings. The summed E-state index contributed by atoms with van der Waals surface area (Å²) in [5.74, 6) is 0.797. The molecule has 2 rings (SSSR count). The van der Waals surface area contributed by atoms with Crippen LogP contribution < -0.4 is 5.32 Å². The second kappa shape index (κ2) is 6.33. The third-order valence-electron chi connectivity index (χ3n) is 3.86. The van der Waals surface area contributed by atoms with E-state index in [9.17, 15) is 0 Å². The fourth-order valence-corrected chi connectivity index (χ4v) is 2.78. The van der Waals surface area contributed by atoms with E-state index in [2.05, 4.69) is 43.2 Å². The lowest BCUT2D eigenvalue weighted by molar-refractivity contribution is 0.369. The fourth-order valence-electron chi connectivity index (χ4n) is 2.78. The smallest absolute Gasteiger partial charge is 0.0605 e. The Balaban J connectivity index is 1.94. The summed E-state index contributed by atoms with van der Waals surface area (Å²) in [5, 5.41) is 3.77.